The second-order valence-electron chi connectivity index (χ2n) is 9.01. The zero-order chi connectivity index (χ0) is 25.2. The predicted molar refractivity (Wildman–Crippen MR) is 130 cm³/mol. The predicted octanol–water partition coefficient (Wildman–Crippen LogP) is 5.60. The summed E-state index contributed by atoms with van der Waals surface area (Å²) in [7, 11) is 0. The Hall–Kier alpha value is -3.88. The summed E-state index contributed by atoms with van der Waals surface area (Å²) in [5.41, 5.74) is 2.35. The lowest BCUT2D eigenvalue weighted by Gasteiger charge is -2.41. The highest BCUT2D eigenvalue weighted by atomic mass is 19.2. The average Bonchev–Trinajstić information content (AvgIpc) is 3.64. The summed E-state index contributed by atoms with van der Waals surface area (Å²) in [6, 6.07) is 8.42. The molecule has 2 fully saturated rings. The number of nitrogens with zero attached hydrogens (tertiary/aromatic N) is 5. The molecule has 184 valence electrons. The van der Waals surface area contributed by atoms with E-state index in [1.165, 1.54) is 12.1 Å². The third-order valence-corrected chi connectivity index (χ3v) is 6.65. The van der Waals surface area contributed by atoms with E-state index in [2.05, 4.69) is 26.7 Å². The second kappa shape index (κ2) is 10.0. The Morgan fingerprint density at radius 2 is 1.75 bits per heavy atom. The summed E-state index contributed by atoms with van der Waals surface area (Å²) in [4.78, 5) is 18.3. The number of allylic oxidation sites excluding steroid dienone is 1. The molecular formula is C27H23F4N5. The molecule has 0 spiro atoms. The van der Waals surface area contributed by atoms with Crippen LogP contribution in [0.3, 0.4) is 0 Å². The molecule has 2 aliphatic rings. The van der Waals surface area contributed by atoms with E-state index in [0.717, 1.165) is 24.1 Å². The van der Waals surface area contributed by atoms with Crippen molar-refractivity contribution in [2.45, 2.75) is 24.8 Å². The van der Waals surface area contributed by atoms with Crippen molar-refractivity contribution in [1.29, 1.82) is 0 Å². The Morgan fingerprint density at radius 3 is 2.47 bits per heavy atom. The van der Waals surface area contributed by atoms with Crippen LogP contribution in [0.25, 0.3) is 0 Å². The van der Waals surface area contributed by atoms with Crippen LogP contribution >= 0.6 is 0 Å². The van der Waals surface area contributed by atoms with Crippen molar-refractivity contribution in [2.24, 2.45) is 15.9 Å². The lowest BCUT2D eigenvalue weighted by Crippen LogP contribution is -2.45. The molecule has 1 saturated carbocycles. The highest BCUT2D eigenvalue weighted by Gasteiger charge is 2.42. The number of rotatable bonds is 8. The third kappa shape index (κ3) is 4.91. The normalized spacial score (nSPS) is 20.0. The first-order valence-electron chi connectivity index (χ1n) is 11.5. The average molecular weight is 494 g/mol. The van der Waals surface area contributed by atoms with Gasteiger partial charge < -0.3 is 4.90 Å². The van der Waals surface area contributed by atoms with Crippen LogP contribution in [0.5, 0.6) is 0 Å². The van der Waals surface area contributed by atoms with Crippen molar-refractivity contribution < 1.29 is 17.6 Å². The Labute approximate surface area is 206 Å². The molecule has 1 aliphatic carbocycles. The van der Waals surface area contributed by atoms with Gasteiger partial charge in [0.25, 0.3) is 0 Å². The Morgan fingerprint density at radius 1 is 1.00 bits per heavy atom. The van der Waals surface area contributed by atoms with Crippen LogP contribution < -0.4 is 4.90 Å². The van der Waals surface area contributed by atoms with Gasteiger partial charge in [0, 0.05) is 43.8 Å². The number of halogens is 4. The van der Waals surface area contributed by atoms with E-state index >= 15 is 0 Å². The lowest BCUT2D eigenvalue weighted by atomic mass is 9.90. The van der Waals surface area contributed by atoms with Gasteiger partial charge in [-0.2, -0.15) is 0 Å². The Kier molecular flexibility index (Phi) is 6.63. The second-order valence-corrected chi connectivity index (χ2v) is 9.01. The molecule has 1 aromatic heterocycles. The van der Waals surface area contributed by atoms with Crippen LogP contribution in [0, 0.1) is 29.2 Å². The van der Waals surface area contributed by atoms with Gasteiger partial charge in [0.1, 0.15) is 5.82 Å². The number of hydrogen-bond acceptors (Lipinski definition) is 5. The molecule has 0 bridgehead atoms. The SMILES string of the molecule is C=N/C=C(\C=N/Cc1ncccn1)C1CC1c1cc(F)c(F)c(N2CC(c3ccc(F)c(F)c3)C2)c1. The molecule has 5 rings (SSSR count). The molecular weight excluding hydrogens is 470 g/mol. The van der Waals surface area contributed by atoms with Gasteiger partial charge in [0.2, 0.25) is 0 Å². The molecule has 1 saturated heterocycles. The number of anilines is 1. The molecule has 0 amide bonds. The van der Waals surface area contributed by atoms with E-state index in [1.54, 1.807) is 41.8 Å². The van der Waals surface area contributed by atoms with Gasteiger partial charge in [-0.1, -0.05) is 6.07 Å². The zero-order valence-electron chi connectivity index (χ0n) is 19.3. The van der Waals surface area contributed by atoms with E-state index in [1.807, 2.05) is 0 Å². The van der Waals surface area contributed by atoms with Crippen molar-refractivity contribution in [3.05, 3.63) is 101 Å². The van der Waals surface area contributed by atoms with Crippen molar-refractivity contribution in [2.75, 3.05) is 18.0 Å². The summed E-state index contributed by atoms with van der Waals surface area (Å²) >= 11 is 0. The third-order valence-electron chi connectivity index (χ3n) is 6.65. The first-order valence-corrected chi connectivity index (χ1v) is 11.5. The highest BCUT2D eigenvalue weighted by molar-refractivity contribution is 5.80. The first-order chi connectivity index (χ1) is 17.4. The quantitative estimate of drug-likeness (QED) is 0.303. The molecule has 0 N–H and O–H groups in total. The van der Waals surface area contributed by atoms with Gasteiger partial charge in [-0.05, 0) is 72.0 Å². The molecule has 5 nitrogen and oxygen atoms in total. The summed E-state index contributed by atoms with van der Waals surface area (Å²) in [5, 5.41) is 0. The molecule has 9 heteroatoms. The summed E-state index contributed by atoms with van der Waals surface area (Å²) in [6.07, 6.45) is 7.38. The highest BCUT2D eigenvalue weighted by Crippen LogP contribution is 2.52. The fourth-order valence-electron chi connectivity index (χ4n) is 4.60. The lowest BCUT2D eigenvalue weighted by molar-refractivity contribution is 0.471. The van der Waals surface area contributed by atoms with Crippen LogP contribution in [0.4, 0.5) is 23.2 Å². The fraction of sp³-hybridized carbons (Fsp3) is 0.259. The van der Waals surface area contributed by atoms with E-state index in [9.17, 15) is 17.6 Å². The minimum absolute atomic E-state index is 0.00505. The van der Waals surface area contributed by atoms with Gasteiger partial charge in [-0.15, -0.1) is 0 Å². The minimum Gasteiger partial charge on any atom is -0.368 e. The molecule has 2 aromatic carbocycles. The molecule has 2 atom stereocenters. The monoisotopic (exact) mass is 493 g/mol. The maximum atomic E-state index is 14.7. The minimum atomic E-state index is -0.914. The standard InChI is InChI=1S/C27H23F4N5/c1-32-11-18(12-33-13-26-34-5-2-6-35-26)21-10-20(21)17-8-24(30)27(31)25(9-17)36-14-19(15-36)16-3-4-22(28)23(29)7-16/h2-9,11-12,19-21H,1,10,13-15H2/b18-11+,33-12-. The van der Waals surface area contributed by atoms with Gasteiger partial charge in [0.15, 0.2) is 23.3 Å². The Balaban J connectivity index is 1.28. The van der Waals surface area contributed by atoms with E-state index < -0.39 is 23.3 Å². The topological polar surface area (TPSA) is 53.7 Å². The molecule has 2 unspecified atom stereocenters. The smallest absolute Gasteiger partial charge is 0.182 e. The number of benzene rings is 2. The van der Waals surface area contributed by atoms with Crippen molar-refractivity contribution >= 4 is 18.6 Å². The first kappa shape index (κ1) is 23.8. The van der Waals surface area contributed by atoms with Crippen molar-refractivity contribution in [1.82, 2.24) is 9.97 Å². The van der Waals surface area contributed by atoms with Crippen LogP contribution in [-0.2, 0) is 6.54 Å². The number of aliphatic imine (C=N–C) groups is 2. The van der Waals surface area contributed by atoms with Crippen LogP contribution in [-0.4, -0.2) is 36.0 Å². The van der Waals surface area contributed by atoms with Crippen LogP contribution in [0.2, 0.25) is 0 Å². The summed E-state index contributed by atoms with van der Waals surface area (Å²) in [6.45, 7) is 4.62. The van der Waals surface area contributed by atoms with Gasteiger partial charge in [-0.3, -0.25) is 9.98 Å². The largest absolute Gasteiger partial charge is 0.368 e. The van der Waals surface area contributed by atoms with E-state index in [4.69, 9.17) is 0 Å². The van der Waals surface area contributed by atoms with Crippen LogP contribution in [0.15, 0.2) is 70.5 Å². The van der Waals surface area contributed by atoms with Crippen molar-refractivity contribution in [3.8, 4) is 0 Å². The summed E-state index contributed by atoms with van der Waals surface area (Å²) < 4.78 is 56.1. The zero-order valence-corrected chi connectivity index (χ0v) is 19.3. The van der Waals surface area contributed by atoms with Crippen molar-refractivity contribution in [3.63, 3.8) is 0 Å². The molecule has 2 heterocycles. The number of aromatic nitrogens is 2. The maximum absolute atomic E-state index is 14.7. The van der Waals surface area contributed by atoms with Gasteiger partial charge in [0.05, 0.1) is 12.2 Å². The van der Waals surface area contributed by atoms with E-state index in [0.29, 0.717) is 36.6 Å². The number of hydrogen-bond donors (Lipinski definition) is 0. The Bertz CT molecular complexity index is 1340. The molecule has 0 radical (unpaired) electrons. The molecule has 3 aromatic rings. The van der Waals surface area contributed by atoms with Gasteiger partial charge in [-0.25, -0.2) is 27.5 Å². The van der Waals surface area contributed by atoms with Crippen LogP contribution in [0.1, 0.15) is 35.2 Å². The molecule has 36 heavy (non-hydrogen) atoms. The van der Waals surface area contributed by atoms with Gasteiger partial charge >= 0.3 is 0 Å². The summed E-state index contributed by atoms with van der Waals surface area (Å²) in [5.74, 6) is -3.09. The molecule has 1 aliphatic heterocycles. The maximum Gasteiger partial charge on any atom is 0.182 e. The van der Waals surface area contributed by atoms with E-state index in [-0.39, 0.29) is 23.4 Å². The fourth-order valence-corrected chi connectivity index (χ4v) is 4.60.